The van der Waals surface area contributed by atoms with Gasteiger partial charge in [0.05, 0.1) is 0 Å². The highest BCUT2D eigenvalue weighted by atomic mass is 16.4. The van der Waals surface area contributed by atoms with Crippen LogP contribution in [-0.4, -0.2) is 23.0 Å². The molecule has 0 aromatic heterocycles. The van der Waals surface area contributed by atoms with E-state index in [1.54, 1.807) is 0 Å². The van der Waals surface area contributed by atoms with Gasteiger partial charge in [0.1, 0.15) is 0 Å². The van der Waals surface area contributed by atoms with Crippen LogP contribution in [0.5, 0.6) is 0 Å². The SMILES string of the molecule is CC(C)(C)C1CCC(NC(=O)/C=C/C(=O)O)CC1. The van der Waals surface area contributed by atoms with Gasteiger partial charge in [-0.3, -0.25) is 4.79 Å². The predicted molar refractivity (Wildman–Crippen MR) is 70.1 cm³/mol. The highest BCUT2D eigenvalue weighted by Crippen LogP contribution is 2.37. The zero-order chi connectivity index (χ0) is 13.8. The molecule has 0 bridgehead atoms. The molecule has 1 aliphatic carbocycles. The van der Waals surface area contributed by atoms with Crippen LogP contribution >= 0.6 is 0 Å². The number of hydrogen-bond acceptors (Lipinski definition) is 2. The molecular formula is C14H23NO3. The number of carbonyl (C=O) groups is 2. The largest absolute Gasteiger partial charge is 0.478 e. The number of hydrogen-bond donors (Lipinski definition) is 2. The first-order valence-electron chi connectivity index (χ1n) is 6.50. The molecule has 1 fully saturated rings. The molecule has 0 aromatic carbocycles. The molecule has 0 saturated heterocycles. The van der Waals surface area contributed by atoms with Crippen molar-refractivity contribution >= 4 is 11.9 Å². The number of carbonyl (C=O) groups excluding carboxylic acids is 1. The van der Waals surface area contributed by atoms with E-state index in [9.17, 15) is 9.59 Å². The standard InChI is InChI=1S/C14H23NO3/c1-14(2,3)10-4-6-11(7-5-10)15-12(16)8-9-13(17)18/h8-11H,4-7H2,1-3H3,(H,15,16)(H,17,18)/b9-8+. The van der Waals surface area contributed by atoms with Gasteiger partial charge in [0, 0.05) is 18.2 Å². The second kappa shape index (κ2) is 6.03. The Kier molecular flexibility index (Phi) is 4.93. The van der Waals surface area contributed by atoms with Crippen molar-refractivity contribution in [3.8, 4) is 0 Å². The summed E-state index contributed by atoms with van der Waals surface area (Å²) in [5.41, 5.74) is 0.332. The zero-order valence-corrected chi connectivity index (χ0v) is 11.4. The summed E-state index contributed by atoms with van der Waals surface area (Å²) >= 11 is 0. The summed E-state index contributed by atoms with van der Waals surface area (Å²) in [6, 6.07) is 0.189. The van der Waals surface area contributed by atoms with Crippen LogP contribution in [-0.2, 0) is 9.59 Å². The highest BCUT2D eigenvalue weighted by Gasteiger charge is 2.29. The van der Waals surface area contributed by atoms with E-state index in [0.29, 0.717) is 11.3 Å². The van der Waals surface area contributed by atoms with E-state index in [4.69, 9.17) is 5.11 Å². The number of rotatable bonds is 3. The lowest BCUT2D eigenvalue weighted by molar-refractivity contribution is -0.131. The third kappa shape index (κ3) is 4.90. The molecule has 4 nitrogen and oxygen atoms in total. The summed E-state index contributed by atoms with van der Waals surface area (Å²) in [5, 5.41) is 11.3. The van der Waals surface area contributed by atoms with Gasteiger partial charge in [-0.2, -0.15) is 0 Å². The van der Waals surface area contributed by atoms with Gasteiger partial charge < -0.3 is 10.4 Å². The number of amides is 1. The second-order valence-corrected chi connectivity index (χ2v) is 6.09. The highest BCUT2D eigenvalue weighted by molar-refractivity contribution is 5.93. The molecular weight excluding hydrogens is 230 g/mol. The topological polar surface area (TPSA) is 66.4 Å². The molecule has 1 saturated carbocycles. The Morgan fingerprint density at radius 2 is 1.67 bits per heavy atom. The van der Waals surface area contributed by atoms with Crippen molar-refractivity contribution < 1.29 is 14.7 Å². The second-order valence-electron chi connectivity index (χ2n) is 6.09. The fourth-order valence-corrected chi connectivity index (χ4v) is 2.50. The van der Waals surface area contributed by atoms with Crippen LogP contribution < -0.4 is 5.32 Å². The first-order valence-corrected chi connectivity index (χ1v) is 6.50. The minimum absolute atomic E-state index is 0.189. The van der Waals surface area contributed by atoms with E-state index in [1.807, 2.05) is 0 Å². The van der Waals surface area contributed by atoms with Crippen LogP contribution in [0.25, 0.3) is 0 Å². The minimum Gasteiger partial charge on any atom is -0.478 e. The minimum atomic E-state index is -1.10. The lowest BCUT2D eigenvalue weighted by Gasteiger charge is -2.37. The number of carboxylic acids is 1. The average molecular weight is 253 g/mol. The molecule has 1 rings (SSSR count). The van der Waals surface area contributed by atoms with Gasteiger partial charge in [-0.1, -0.05) is 20.8 Å². The lowest BCUT2D eigenvalue weighted by Crippen LogP contribution is -2.38. The molecule has 2 N–H and O–H groups in total. The Hall–Kier alpha value is -1.32. The van der Waals surface area contributed by atoms with E-state index in [2.05, 4.69) is 26.1 Å². The maximum Gasteiger partial charge on any atom is 0.328 e. The zero-order valence-electron chi connectivity index (χ0n) is 11.4. The summed E-state index contributed by atoms with van der Waals surface area (Å²) in [5.74, 6) is -0.696. The van der Waals surface area contributed by atoms with Crippen molar-refractivity contribution in [1.82, 2.24) is 5.32 Å². The van der Waals surface area contributed by atoms with Gasteiger partial charge in [0.2, 0.25) is 5.91 Å². The van der Waals surface area contributed by atoms with E-state index in [-0.39, 0.29) is 11.9 Å². The van der Waals surface area contributed by atoms with Crippen LogP contribution in [0, 0.1) is 11.3 Å². The molecule has 0 heterocycles. The van der Waals surface area contributed by atoms with E-state index in [1.165, 1.54) is 0 Å². The van der Waals surface area contributed by atoms with Gasteiger partial charge in [-0.05, 0) is 37.0 Å². The third-order valence-electron chi connectivity index (χ3n) is 3.68. The van der Waals surface area contributed by atoms with Crippen molar-refractivity contribution in [2.24, 2.45) is 11.3 Å². The van der Waals surface area contributed by atoms with Crippen LogP contribution in [0.4, 0.5) is 0 Å². The molecule has 4 heteroatoms. The predicted octanol–water partition coefficient (Wildman–Crippen LogP) is 2.35. The number of aliphatic carboxylic acids is 1. The van der Waals surface area contributed by atoms with Crippen molar-refractivity contribution in [2.75, 3.05) is 0 Å². The van der Waals surface area contributed by atoms with Crippen LogP contribution in [0.2, 0.25) is 0 Å². The fraction of sp³-hybridized carbons (Fsp3) is 0.714. The molecule has 0 unspecified atom stereocenters. The number of carboxylic acid groups (broad SMARTS) is 1. The van der Waals surface area contributed by atoms with Crippen LogP contribution in [0.3, 0.4) is 0 Å². The Morgan fingerprint density at radius 3 is 2.11 bits per heavy atom. The van der Waals surface area contributed by atoms with Gasteiger partial charge in [-0.15, -0.1) is 0 Å². The average Bonchev–Trinajstić information content (AvgIpc) is 2.26. The Balaban J connectivity index is 2.36. The maximum absolute atomic E-state index is 11.4. The van der Waals surface area contributed by atoms with Gasteiger partial charge >= 0.3 is 5.97 Å². The summed E-state index contributed by atoms with van der Waals surface area (Å²) in [6.45, 7) is 6.77. The van der Waals surface area contributed by atoms with Crippen molar-refractivity contribution in [3.63, 3.8) is 0 Å². The third-order valence-corrected chi connectivity index (χ3v) is 3.68. The Labute approximate surface area is 108 Å². The van der Waals surface area contributed by atoms with E-state index in [0.717, 1.165) is 37.8 Å². The summed E-state index contributed by atoms with van der Waals surface area (Å²) in [4.78, 5) is 21.7. The smallest absolute Gasteiger partial charge is 0.328 e. The quantitative estimate of drug-likeness (QED) is 0.759. The van der Waals surface area contributed by atoms with E-state index >= 15 is 0 Å². The van der Waals surface area contributed by atoms with Gasteiger partial charge in [0.25, 0.3) is 0 Å². The molecule has 1 aliphatic rings. The van der Waals surface area contributed by atoms with Crippen LogP contribution in [0.1, 0.15) is 46.5 Å². The number of nitrogens with one attached hydrogen (secondary N) is 1. The van der Waals surface area contributed by atoms with Crippen molar-refractivity contribution in [1.29, 1.82) is 0 Å². The first kappa shape index (κ1) is 14.7. The first-order chi connectivity index (χ1) is 8.29. The molecule has 0 spiro atoms. The van der Waals surface area contributed by atoms with Gasteiger partial charge in [-0.25, -0.2) is 4.79 Å². The normalized spacial score (nSPS) is 25.1. The monoisotopic (exact) mass is 253 g/mol. The van der Waals surface area contributed by atoms with Gasteiger partial charge in [0.15, 0.2) is 0 Å². The van der Waals surface area contributed by atoms with Crippen LogP contribution in [0.15, 0.2) is 12.2 Å². The summed E-state index contributed by atoms with van der Waals surface area (Å²) < 4.78 is 0. The molecule has 0 aliphatic heterocycles. The van der Waals surface area contributed by atoms with E-state index < -0.39 is 5.97 Å². The molecule has 1 amide bonds. The molecule has 0 radical (unpaired) electrons. The molecule has 18 heavy (non-hydrogen) atoms. The molecule has 102 valence electrons. The summed E-state index contributed by atoms with van der Waals surface area (Å²) in [7, 11) is 0. The molecule has 0 aromatic rings. The van der Waals surface area contributed by atoms with Crippen molar-refractivity contribution in [3.05, 3.63) is 12.2 Å². The lowest BCUT2D eigenvalue weighted by atomic mass is 9.71. The maximum atomic E-state index is 11.4. The Morgan fingerprint density at radius 1 is 1.11 bits per heavy atom. The summed E-state index contributed by atoms with van der Waals surface area (Å²) in [6.07, 6.45) is 6.16. The van der Waals surface area contributed by atoms with Crippen molar-refractivity contribution in [2.45, 2.75) is 52.5 Å². The molecule has 0 atom stereocenters. The fourth-order valence-electron chi connectivity index (χ4n) is 2.50. The Bertz CT molecular complexity index is 333.